The second-order valence-corrected chi connectivity index (χ2v) is 9.17. The Morgan fingerprint density at radius 2 is 1.97 bits per heavy atom. The van der Waals surface area contributed by atoms with Crippen LogP contribution in [0.3, 0.4) is 0 Å². The molecule has 0 radical (unpaired) electrons. The zero-order chi connectivity index (χ0) is 22.9. The van der Waals surface area contributed by atoms with Gasteiger partial charge in [-0.25, -0.2) is 14.4 Å². The number of carbonyl (C=O) groups excluding carboxylic acids is 1. The van der Waals surface area contributed by atoms with Gasteiger partial charge in [-0.15, -0.1) is 0 Å². The number of H-pyrrole nitrogens is 1. The average Bonchev–Trinajstić information content (AvgIpc) is 3.28. The molecular weight excluding hydrogens is 419 g/mol. The summed E-state index contributed by atoms with van der Waals surface area (Å²) in [6.07, 6.45) is 7.54. The van der Waals surface area contributed by atoms with Crippen molar-refractivity contribution in [1.29, 1.82) is 0 Å². The molecule has 1 unspecified atom stereocenters. The SMILES string of the molecule is CN(C)c1ncc(-c2ccccc2F)c(C2CCCN(C(=O)c3n[nH]c4c3CCCC4)C2)n1. The van der Waals surface area contributed by atoms with Crippen molar-refractivity contribution in [1.82, 2.24) is 25.1 Å². The number of hydrogen-bond donors (Lipinski definition) is 1. The van der Waals surface area contributed by atoms with Crippen LogP contribution in [0.1, 0.15) is 59.0 Å². The molecule has 1 saturated heterocycles. The van der Waals surface area contributed by atoms with E-state index in [1.807, 2.05) is 30.0 Å². The summed E-state index contributed by atoms with van der Waals surface area (Å²) in [5.41, 5.74) is 4.72. The van der Waals surface area contributed by atoms with E-state index < -0.39 is 0 Å². The summed E-state index contributed by atoms with van der Waals surface area (Å²) in [5.74, 6) is 0.254. The minimum Gasteiger partial charge on any atom is -0.347 e. The van der Waals surface area contributed by atoms with Crippen LogP contribution < -0.4 is 4.90 Å². The topological polar surface area (TPSA) is 78.0 Å². The van der Waals surface area contributed by atoms with Gasteiger partial charge in [0.15, 0.2) is 5.69 Å². The first-order valence-corrected chi connectivity index (χ1v) is 11.7. The highest BCUT2D eigenvalue weighted by Gasteiger charge is 2.32. The lowest BCUT2D eigenvalue weighted by Gasteiger charge is -2.33. The number of aryl methyl sites for hydroxylation is 1. The number of aromatic amines is 1. The van der Waals surface area contributed by atoms with E-state index in [-0.39, 0.29) is 17.6 Å². The van der Waals surface area contributed by atoms with Gasteiger partial charge < -0.3 is 9.80 Å². The smallest absolute Gasteiger partial charge is 0.274 e. The maximum atomic E-state index is 14.7. The van der Waals surface area contributed by atoms with Gasteiger partial charge in [0.25, 0.3) is 5.91 Å². The molecule has 1 aliphatic carbocycles. The van der Waals surface area contributed by atoms with Gasteiger partial charge in [0.2, 0.25) is 5.95 Å². The normalized spacial score (nSPS) is 18.2. The first kappa shape index (κ1) is 21.6. The minimum atomic E-state index is -0.299. The number of carbonyl (C=O) groups is 1. The molecule has 5 rings (SSSR count). The summed E-state index contributed by atoms with van der Waals surface area (Å²) in [4.78, 5) is 26.4. The molecule has 1 atom stereocenters. The van der Waals surface area contributed by atoms with Gasteiger partial charge in [-0.1, -0.05) is 18.2 Å². The molecule has 3 aromatic rings. The molecule has 0 spiro atoms. The molecule has 2 aliphatic rings. The monoisotopic (exact) mass is 448 g/mol. The minimum absolute atomic E-state index is 0.00576. The van der Waals surface area contributed by atoms with Crippen molar-refractivity contribution < 1.29 is 9.18 Å². The number of halogens is 1. The molecule has 1 aromatic carbocycles. The van der Waals surface area contributed by atoms with E-state index in [1.165, 1.54) is 6.07 Å². The van der Waals surface area contributed by atoms with E-state index in [0.717, 1.165) is 55.5 Å². The van der Waals surface area contributed by atoms with Crippen molar-refractivity contribution in [2.45, 2.75) is 44.4 Å². The third-order valence-corrected chi connectivity index (χ3v) is 6.72. The van der Waals surface area contributed by atoms with Crippen LogP contribution in [0.5, 0.6) is 0 Å². The van der Waals surface area contributed by atoms with Crippen LogP contribution in [0.2, 0.25) is 0 Å². The summed E-state index contributed by atoms with van der Waals surface area (Å²) in [6.45, 7) is 1.23. The van der Waals surface area contributed by atoms with Crippen molar-refractivity contribution in [2.24, 2.45) is 0 Å². The number of piperidine rings is 1. The zero-order valence-electron chi connectivity index (χ0n) is 19.1. The van der Waals surface area contributed by atoms with Crippen LogP contribution in [0.15, 0.2) is 30.5 Å². The first-order chi connectivity index (χ1) is 16.0. The van der Waals surface area contributed by atoms with Crippen LogP contribution in [0.25, 0.3) is 11.1 Å². The number of likely N-dealkylation sites (tertiary alicyclic amines) is 1. The van der Waals surface area contributed by atoms with Gasteiger partial charge in [0, 0.05) is 61.7 Å². The molecule has 0 bridgehead atoms. The van der Waals surface area contributed by atoms with Crippen LogP contribution in [0.4, 0.5) is 10.3 Å². The van der Waals surface area contributed by atoms with Crippen molar-refractivity contribution in [3.63, 3.8) is 0 Å². The molecule has 1 aliphatic heterocycles. The number of anilines is 1. The Hall–Kier alpha value is -3.29. The fourth-order valence-corrected chi connectivity index (χ4v) is 4.99. The predicted molar refractivity (Wildman–Crippen MR) is 125 cm³/mol. The molecule has 3 heterocycles. The Kier molecular flexibility index (Phi) is 5.83. The number of nitrogens with zero attached hydrogens (tertiary/aromatic N) is 5. The molecular formula is C25H29FN6O. The Morgan fingerprint density at radius 3 is 2.79 bits per heavy atom. The molecule has 33 heavy (non-hydrogen) atoms. The van der Waals surface area contributed by atoms with Crippen LogP contribution in [0, 0.1) is 5.82 Å². The summed E-state index contributed by atoms with van der Waals surface area (Å²) >= 11 is 0. The van der Waals surface area contributed by atoms with Gasteiger partial charge >= 0.3 is 0 Å². The quantitative estimate of drug-likeness (QED) is 0.654. The molecule has 2 aromatic heterocycles. The summed E-state index contributed by atoms with van der Waals surface area (Å²) in [5, 5.41) is 7.47. The van der Waals surface area contributed by atoms with Gasteiger partial charge in [-0.05, 0) is 44.6 Å². The van der Waals surface area contributed by atoms with Crippen LogP contribution in [-0.4, -0.2) is 58.2 Å². The number of rotatable bonds is 4. The lowest BCUT2D eigenvalue weighted by molar-refractivity contribution is 0.0698. The lowest BCUT2D eigenvalue weighted by Crippen LogP contribution is -2.40. The predicted octanol–water partition coefficient (Wildman–Crippen LogP) is 3.97. The van der Waals surface area contributed by atoms with Gasteiger partial charge in [0.05, 0.1) is 5.69 Å². The highest BCUT2D eigenvalue weighted by molar-refractivity contribution is 5.94. The van der Waals surface area contributed by atoms with Crippen molar-refractivity contribution in [2.75, 3.05) is 32.1 Å². The molecule has 1 amide bonds. The third kappa shape index (κ3) is 4.10. The van der Waals surface area contributed by atoms with E-state index in [9.17, 15) is 9.18 Å². The van der Waals surface area contributed by atoms with E-state index in [2.05, 4.69) is 15.2 Å². The highest BCUT2D eigenvalue weighted by Crippen LogP contribution is 2.35. The van der Waals surface area contributed by atoms with Gasteiger partial charge in [0.1, 0.15) is 5.82 Å². The number of nitrogens with one attached hydrogen (secondary N) is 1. The largest absolute Gasteiger partial charge is 0.347 e. The standard InChI is InChI=1S/C25H29FN6O/c1-31(2)25-27-14-19(17-9-3-5-11-20(17)26)22(28-25)16-8-7-13-32(15-16)24(33)23-18-10-4-6-12-21(18)29-30-23/h3,5,9,11,14,16H,4,6-8,10,12-13,15H2,1-2H3,(H,29,30). The summed E-state index contributed by atoms with van der Waals surface area (Å²) in [7, 11) is 3.78. The van der Waals surface area contributed by atoms with Crippen LogP contribution >= 0.6 is 0 Å². The second-order valence-electron chi connectivity index (χ2n) is 9.17. The number of aromatic nitrogens is 4. The molecule has 1 N–H and O–H groups in total. The van der Waals surface area contributed by atoms with E-state index in [1.54, 1.807) is 18.3 Å². The maximum absolute atomic E-state index is 14.7. The van der Waals surface area contributed by atoms with Crippen molar-refractivity contribution in [3.8, 4) is 11.1 Å². The summed E-state index contributed by atoms with van der Waals surface area (Å²) < 4.78 is 14.7. The second kappa shape index (κ2) is 8.92. The molecule has 1 fully saturated rings. The Bertz CT molecular complexity index is 1170. The first-order valence-electron chi connectivity index (χ1n) is 11.7. The number of fused-ring (bicyclic) bond motifs is 1. The van der Waals surface area contributed by atoms with Gasteiger partial charge in [-0.3, -0.25) is 9.89 Å². The third-order valence-electron chi connectivity index (χ3n) is 6.72. The molecule has 7 nitrogen and oxygen atoms in total. The van der Waals surface area contributed by atoms with Crippen LogP contribution in [-0.2, 0) is 12.8 Å². The number of hydrogen-bond acceptors (Lipinski definition) is 5. The maximum Gasteiger partial charge on any atom is 0.274 e. The van der Waals surface area contributed by atoms with Crippen molar-refractivity contribution in [3.05, 3.63) is 58.9 Å². The molecule has 0 saturated carbocycles. The lowest BCUT2D eigenvalue weighted by atomic mass is 9.89. The van der Waals surface area contributed by atoms with Crippen molar-refractivity contribution >= 4 is 11.9 Å². The summed E-state index contributed by atoms with van der Waals surface area (Å²) in [6, 6.07) is 6.71. The van der Waals surface area contributed by atoms with E-state index >= 15 is 0 Å². The fraction of sp³-hybridized carbons (Fsp3) is 0.440. The van der Waals surface area contributed by atoms with Gasteiger partial charge in [-0.2, -0.15) is 5.10 Å². The number of amides is 1. The Morgan fingerprint density at radius 1 is 1.15 bits per heavy atom. The average molecular weight is 449 g/mol. The Balaban J connectivity index is 1.48. The fourth-order valence-electron chi connectivity index (χ4n) is 4.99. The molecule has 172 valence electrons. The van der Waals surface area contributed by atoms with E-state index in [4.69, 9.17) is 4.98 Å². The number of benzene rings is 1. The Labute approximate surface area is 193 Å². The zero-order valence-corrected chi connectivity index (χ0v) is 19.1. The molecule has 8 heteroatoms. The van der Waals surface area contributed by atoms with E-state index in [0.29, 0.717) is 35.9 Å². The highest BCUT2D eigenvalue weighted by atomic mass is 19.1.